The normalized spacial score (nSPS) is 12.3. The molecule has 0 aliphatic rings. The van der Waals surface area contributed by atoms with Crippen LogP contribution in [0.5, 0.6) is 0 Å². The lowest BCUT2D eigenvalue weighted by atomic mass is 10.2. The molecule has 2 rings (SSSR count). The Balaban J connectivity index is 2.05. The maximum absolute atomic E-state index is 12.7. The summed E-state index contributed by atoms with van der Waals surface area (Å²) in [5.41, 5.74) is 4.87. The number of halogens is 3. The number of anilines is 2. The number of hydrogen-bond acceptors (Lipinski definition) is 7. The summed E-state index contributed by atoms with van der Waals surface area (Å²) in [6, 6.07) is 4.31. The molecule has 150 valence electrons. The van der Waals surface area contributed by atoms with Crippen LogP contribution < -0.4 is 11.1 Å². The van der Waals surface area contributed by atoms with E-state index >= 15 is 0 Å². The molecule has 0 spiro atoms. The molecule has 0 fully saturated rings. The van der Waals surface area contributed by atoms with Crippen molar-refractivity contribution in [1.29, 1.82) is 0 Å². The lowest BCUT2D eigenvalue weighted by molar-refractivity contribution is -0.137. The van der Waals surface area contributed by atoms with Gasteiger partial charge in [0, 0.05) is 11.9 Å². The fourth-order valence-electron chi connectivity index (χ4n) is 2.03. The zero-order chi connectivity index (χ0) is 20.9. The number of carbonyl (C=O) groups excluding carboxylic acids is 2. The number of esters is 1. The topological polar surface area (TPSA) is 107 Å². The van der Waals surface area contributed by atoms with Crippen molar-refractivity contribution in [1.82, 2.24) is 9.97 Å². The minimum Gasteiger partial charge on any atom is -0.462 e. The lowest BCUT2D eigenvalue weighted by Gasteiger charge is -2.13. The van der Waals surface area contributed by atoms with Crippen molar-refractivity contribution < 1.29 is 27.5 Å². The van der Waals surface area contributed by atoms with Crippen molar-refractivity contribution in [3.05, 3.63) is 41.6 Å². The molecule has 0 unspecified atom stereocenters. The van der Waals surface area contributed by atoms with Crippen LogP contribution in [0.2, 0.25) is 0 Å². The van der Waals surface area contributed by atoms with E-state index in [4.69, 9.17) is 10.5 Å². The minimum absolute atomic E-state index is 0.00673. The number of carbonyl (C=O) groups is 2. The van der Waals surface area contributed by atoms with E-state index in [0.29, 0.717) is 0 Å². The predicted molar refractivity (Wildman–Crippen MR) is 97.8 cm³/mol. The fraction of sp³-hybridized carbons (Fsp3) is 0.294. The zero-order valence-electron chi connectivity index (χ0n) is 14.9. The molecule has 1 aromatic heterocycles. The van der Waals surface area contributed by atoms with Crippen molar-refractivity contribution in [2.24, 2.45) is 0 Å². The molecule has 1 aromatic carbocycles. The summed E-state index contributed by atoms with van der Waals surface area (Å²) in [4.78, 5) is 31.8. The molecule has 0 saturated carbocycles. The number of nitrogens with zero attached hydrogens (tertiary/aromatic N) is 2. The summed E-state index contributed by atoms with van der Waals surface area (Å²) in [6.07, 6.45) is -3.31. The number of aromatic nitrogens is 2. The second-order valence-corrected chi connectivity index (χ2v) is 6.81. The van der Waals surface area contributed by atoms with Crippen LogP contribution in [0.15, 0.2) is 35.6 Å². The van der Waals surface area contributed by atoms with Gasteiger partial charge >= 0.3 is 12.1 Å². The van der Waals surface area contributed by atoms with Crippen molar-refractivity contribution in [2.75, 3.05) is 17.7 Å². The summed E-state index contributed by atoms with van der Waals surface area (Å²) in [5, 5.41) is 1.82. The van der Waals surface area contributed by atoms with Crippen LogP contribution >= 0.6 is 11.8 Å². The Morgan fingerprint density at radius 1 is 1.36 bits per heavy atom. The Kier molecular flexibility index (Phi) is 6.84. The Morgan fingerprint density at radius 3 is 2.68 bits per heavy atom. The lowest BCUT2D eigenvalue weighted by Crippen LogP contribution is -2.23. The minimum atomic E-state index is -4.51. The summed E-state index contributed by atoms with van der Waals surface area (Å²) in [7, 11) is 0. The van der Waals surface area contributed by atoms with E-state index in [1.165, 1.54) is 25.3 Å². The third kappa shape index (κ3) is 5.59. The molecular formula is C17H17F3N4O3S. The number of hydrogen-bond donors (Lipinski definition) is 2. The molecule has 0 bridgehead atoms. The highest BCUT2D eigenvalue weighted by molar-refractivity contribution is 8.00. The zero-order valence-corrected chi connectivity index (χ0v) is 15.7. The molecule has 1 atom stereocenters. The number of ether oxygens (including phenoxy) is 1. The van der Waals surface area contributed by atoms with Crippen molar-refractivity contribution in [2.45, 2.75) is 30.4 Å². The van der Waals surface area contributed by atoms with Gasteiger partial charge in [-0.2, -0.15) is 13.2 Å². The third-order valence-corrected chi connectivity index (χ3v) is 4.38. The predicted octanol–water partition coefficient (Wildman–Crippen LogP) is 3.37. The SMILES string of the molecule is CCOC(=O)c1cnc(S[C@@H](C)C(=O)Nc2cccc(C(F)(F)F)c2)nc1N. The first kappa shape index (κ1) is 21.5. The number of benzene rings is 1. The summed E-state index contributed by atoms with van der Waals surface area (Å²) in [6.45, 7) is 3.35. The first-order valence-corrected chi connectivity index (χ1v) is 8.94. The number of alkyl halides is 3. The first-order valence-electron chi connectivity index (χ1n) is 8.06. The molecule has 28 heavy (non-hydrogen) atoms. The van der Waals surface area contributed by atoms with E-state index in [-0.39, 0.29) is 28.8 Å². The van der Waals surface area contributed by atoms with E-state index < -0.39 is 28.9 Å². The van der Waals surface area contributed by atoms with Gasteiger partial charge in [-0.1, -0.05) is 17.8 Å². The van der Waals surface area contributed by atoms with Crippen molar-refractivity contribution in [3.8, 4) is 0 Å². The molecule has 11 heteroatoms. The van der Waals surface area contributed by atoms with E-state index in [1.54, 1.807) is 6.92 Å². The van der Waals surface area contributed by atoms with Crippen molar-refractivity contribution in [3.63, 3.8) is 0 Å². The molecule has 2 aromatic rings. The highest BCUT2D eigenvalue weighted by atomic mass is 32.2. The van der Waals surface area contributed by atoms with Gasteiger partial charge in [-0.05, 0) is 32.0 Å². The van der Waals surface area contributed by atoms with Gasteiger partial charge in [-0.15, -0.1) is 0 Å². The molecule has 3 N–H and O–H groups in total. The molecule has 0 aliphatic carbocycles. The van der Waals surface area contributed by atoms with Crippen LogP contribution in [0.25, 0.3) is 0 Å². The van der Waals surface area contributed by atoms with Gasteiger partial charge in [-0.25, -0.2) is 14.8 Å². The van der Waals surface area contributed by atoms with Gasteiger partial charge in [-0.3, -0.25) is 4.79 Å². The number of rotatable bonds is 6. The summed E-state index contributed by atoms with van der Waals surface area (Å²) >= 11 is 0.940. The largest absolute Gasteiger partial charge is 0.462 e. The Morgan fingerprint density at radius 2 is 2.07 bits per heavy atom. The summed E-state index contributed by atoms with van der Waals surface area (Å²) in [5.74, 6) is -1.30. The molecule has 0 aliphatic heterocycles. The standard InChI is InChI=1S/C17H17F3N4O3S/c1-3-27-15(26)12-8-22-16(24-13(12)21)28-9(2)14(25)23-11-6-4-5-10(7-11)17(18,19)20/h4-9H,3H2,1-2H3,(H,23,25)(H2,21,22,24)/t9-/m0/s1. The van der Waals surface area contributed by atoms with Crippen LogP contribution in [-0.4, -0.2) is 33.7 Å². The maximum atomic E-state index is 12.7. The molecule has 7 nitrogen and oxygen atoms in total. The highest BCUT2D eigenvalue weighted by Gasteiger charge is 2.30. The molecule has 1 amide bonds. The van der Waals surface area contributed by atoms with Crippen LogP contribution in [0.1, 0.15) is 29.8 Å². The Labute approximate surface area is 162 Å². The maximum Gasteiger partial charge on any atom is 0.416 e. The second-order valence-electron chi connectivity index (χ2n) is 5.50. The quantitative estimate of drug-likeness (QED) is 0.424. The molecule has 0 radical (unpaired) electrons. The molecule has 0 saturated heterocycles. The third-order valence-electron chi connectivity index (χ3n) is 3.40. The number of nitrogens with one attached hydrogen (secondary N) is 1. The van der Waals surface area contributed by atoms with Gasteiger partial charge in [0.1, 0.15) is 11.4 Å². The fourth-order valence-corrected chi connectivity index (χ4v) is 2.78. The number of thioether (sulfide) groups is 1. The average Bonchev–Trinajstić information content (AvgIpc) is 2.61. The molecular weight excluding hydrogens is 397 g/mol. The van der Waals surface area contributed by atoms with Crippen LogP contribution in [0, 0.1) is 0 Å². The Hall–Kier alpha value is -2.82. The van der Waals surface area contributed by atoms with E-state index in [2.05, 4.69) is 15.3 Å². The first-order chi connectivity index (χ1) is 13.1. The highest BCUT2D eigenvalue weighted by Crippen LogP contribution is 2.31. The number of nitrogen functional groups attached to an aromatic ring is 1. The monoisotopic (exact) mass is 414 g/mol. The van der Waals surface area contributed by atoms with E-state index in [0.717, 1.165) is 23.9 Å². The van der Waals surface area contributed by atoms with Crippen LogP contribution in [-0.2, 0) is 15.7 Å². The number of amides is 1. The van der Waals surface area contributed by atoms with Gasteiger partial charge in [0.15, 0.2) is 5.16 Å². The van der Waals surface area contributed by atoms with Gasteiger partial charge in [0.05, 0.1) is 17.4 Å². The number of nitrogens with two attached hydrogens (primary N) is 1. The van der Waals surface area contributed by atoms with Crippen molar-refractivity contribution >= 4 is 35.1 Å². The average molecular weight is 414 g/mol. The van der Waals surface area contributed by atoms with Gasteiger partial charge in [0.25, 0.3) is 0 Å². The molecule has 1 heterocycles. The van der Waals surface area contributed by atoms with E-state index in [9.17, 15) is 22.8 Å². The smallest absolute Gasteiger partial charge is 0.416 e. The van der Waals surface area contributed by atoms with Gasteiger partial charge in [0.2, 0.25) is 5.91 Å². The van der Waals surface area contributed by atoms with Gasteiger partial charge < -0.3 is 15.8 Å². The van der Waals surface area contributed by atoms with Crippen LogP contribution in [0.4, 0.5) is 24.7 Å². The Bertz CT molecular complexity index is 877. The van der Waals surface area contributed by atoms with E-state index in [1.807, 2.05) is 0 Å². The van der Waals surface area contributed by atoms with Crippen LogP contribution in [0.3, 0.4) is 0 Å². The second kappa shape index (κ2) is 8.91. The summed E-state index contributed by atoms with van der Waals surface area (Å²) < 4.78 is 43.1.